The van der Waals surface area contributed by atoms with Crippen molar-refractivity contribution in [3.63, 3.8) is 0 Å². The van der Waals surface area contributed by atoms with Gasteiger partial charge in [-0.05, 0) is 37.1 Å². The molecule has 5 heteroatoms. The Labute approximate surface area is 126 Å². The van der Waals surface area contributed by atoms with Gasteiger partial charge in [-0.2, -0.15) is 0 Å². The first-order valence-electron chi connectivity index (χ1n) is 7.47. The Morgan fingerprint density at radius 3 is 2.14 bits per heavy atom. The normalized spacial score (nSPS) is 10.5. The average Bonchev–Trinajstić information content (AvgIpc) is 2.48. The maximum atomic E-state index is 12.5. The molecule has 1 aromatic rings. The highest BCUT2D eigenvalue weighted by molar-refractivity contribution is 5.95. The van der Waals surface area contributed by atoms with Crippen LogP contribution in [0.4, 0.5) is 10.5 Å². The van der Waals surface area contributed by atoms with Gasteiger partial charge < -0.3 is 16.0 Å². The van der Waals surface area contributed by atoms with Gasteiger partial charge in [0, 0.05) is 24.3 Å². The molecule has 0 aliphatic rings. The Morgan fingerprint density at radius 2 is 1.71 bits per heavy atom. The second-order valence-electron chi connectivity index (χ2n) is 5.09. The molecule has 21 heavy (non-hydrogen) atoms. The minimum absolute atomic E-state index is 0.0232. The summed E-state index contributed by atoms with van der Waals surface area (Å²) in [6, 6.07) is 6.18. The molecule has 0 bridgehead atoms. The molecular formula is C16H25N3O2. The zero-order valence-electron chi connectivity index (χ0n) is 13.1. The van der Waals surface area contributed by atoms with Crippen LogP contribution in [-0.4, -0.2) is 29.9 Å². The number of rotatable bonds is 7. The van der Waals surface area contributed by atoms with E-state index in [-0.39, 0.29) is 5.91 Å². The van der Waals surface area contributed by atoms with Gasteiger partial charge in [0.25, 0.3) is 5.91 Å². The third-order valence-electron chi connectivity index (χ3n) is 3.70. The number of primary amides is 1. The minimum atomic E-state index is -0.613. The maximum Gasteiger partial charge on any atom is 0.316 e. The van der Waals surface area contributed by atoms with Gasteiger partial charge in [0.15, 0.2) is 0 Å². The van der Waals surface area contributed by atoms with Gasteiger partial charge in [-0.3, -0.25) is 4.79 Å². The Hall–Kier alpha value is -2.04. The van der Waals surface area contributed by atoms with E-state index in [2.05, 4.69) is 19.2 Å². The van der Waals surface area contributed by atoms with Crippen LogP contribution in [0, 0.1) is 5.92 Å². The van der Waals surface area contributed by atoms with E-state index < -0.39 is 6.03 Å². The van der Waals surface area contributed by atoms with Crippen molar-refractivity contribution in [3.05, 3.63) is 29.8 Å². The quantitative estimate of drug-likeness (QED) is 0.810. The van der Waals surface area contributed by atoms with E-state index in [1.165, 1.54) is 0 Å². The number of carbonyl (C=O) groups excluding carboxylic acids is 2. The molecule has 0 radical (unpaired) electrons. The first-order chi connectivity index (χ1) is 10.0. The summed E-state index contributed by atoms with van der Waals surface area (Å²) >= 11 is 0. The first kappa shape index (κ1) is 17.0. The summed E-state index contributed by atoms with van der Waals surface area (Å²) in [4.78, 5) is 25.1. The zero-order valence-corrected chi connectivity index (χ0v) is 13.1. The predicted molar refractivity (Wildman–Crippen MR) is 85.3 cm³/mol. The Kier molecular flexibility index (Phi) is 6.72. The van der Waals surface area contributed by atoms with E-state index in [4.69, 9.17) is 5.73 Å². The predicted octanol–water partition coefficient (Wildman–Crippen LogP) is 3.08. The maximum absolute atomic E-state index is 12.5. The molecule has 116 valence electrons. The molecule has 0 unspecified atom stereocenters. The van der Waals surface area contributed by atoms with Crippen LogP contribution >= 0.6 is 0 Å². The topological polar surface area (TPSA) is 75.4 Å². The number of nitrogens with one attached hydrogen (secondary N) is 1. The molecule has 3 N–H and O–H groups in total. The summed E-state index contributed by atoms with van der Waals surface area (Å²) in [5, 5.41) is 2.48. The number of benzene rings is 1. The highest BCUT2D eigenvalue weighted by atomic mass is 16.2. The fourth-order valence-corrected chi connectivity index (χ4v) is 2.24. The lowest BCUT2D eigenvalue weighted by molar-refractivity contribution is 0.0735. The Bertz CT molecular complexity index is 467. The molecular weight excluding hydrogens is 266 g/mol. The van der Waals surface area contributed by atoms with Gasteiger partial charge in [0.2, 0.25) is 0 Å². The van der Waals surface area contributed by atoms with Gasteiger partial charge in [0.1, 0.15) is 0 Å². The van der Waals surface area contributed by atoms with Gasteiger partial charge in [0.05, 0.1) is 0 Å². The summed E-state index contributed by atoms with van der Waals surface area (Å²) in [6.45, 7) is 7.76. The van der Waals surface area contributed by atoms with E-state index in [0.717, 1.165) is 19.4 Å². The molecule has 5 nitrogen and oxygen atoms in total. The Morgan fingerprint density at radius 1 is 1.14 bits per heavy atom. The van der Waals surface area contributed by atoms with Crippen LogP contribution in [-0.2, 0) is 0 Å². The number of nitrogens with zero attached hydrogens (tertiary/aromatic N) is 1. The molecule has 0 fully saturated rings. The SMILES string of the molecule is CCC(CC)CN(CC)C(=O)c1ccc(NC(N)=O)cc1. The van der Waals surface area contributed by atoms with Crippen LogP contribution in [0.25, 0.3) is 0 Å². The molecule has 0 atom stereocenters. The number of amides is 3. The summed E-state index contributed by atoms with van der Waals surface area (Å²) in [6.07, 6.45) is 2.14. The second-order valence-corrected chi connectivity index (χ2v) is 5.09. The zero-order chi connectivity index (χ0) is 15.8. The van der Waals surface area contributed by atoms with Crippen molar-refractivity contribution in [3.8, 4) is 0 Å². The van der Waals surface area contributed by atoms with E-state index in [1.54, 1.807) is 24.3 Å². The second kappa shape index (κ2) is 8.29. The van der Waals surface area contributed by atoms with Crippen molar-refractivity contribution in [1.82, 2.24) is 4.90 Å². The third kappa shape index (κ3) is 5.10. The highest BCUT2D eigenvalue weighted by Gasteiger charge is 2.17. The van der Waals surface area contributed by atoms with E-state index in [9.17, 15) is 9.59 Å². The van der Waals surface area contributed by atoms with Crippen molar-refractivity contribution in [2.75, 3.05) is 18.4 Å². The molecule has 0 aromatic heterocycles. The number of anilines is 1. The van der Waals surface area contributed by atoms with Crippen molar-refractivity contribution in [2.45, 2.75) is 33.6 Å². The van der Waals surface area contributed by atoms with E-state index >= 15 is 0 Å². The molecule has 0 aliphatic heterocycles. The monoisotopic (exact) mass is 291 g/mol. The lowest BCUT2D eigenvalue weighted by Gasteiger charge is -2.25. The van der Waals surface area contributed by atoms with Crippen molar-refractivity contribution in [1.29, 1.82) is 0 Å². The largest absolute Gasteiger partial charge is 0.351 e. The molecule has 0 saturated carbocycles. The lowest BCUT2D eigenvalue weighted by Crippen LogP contribution is -2.35. The molecule has 1 rings (SSSR count). The summed E-state index contributed by atoms with van der Waals surface area (Å²) < 4.78 is 0. The molecule has 0 aliphatic carbocycles. The van der Waals surface area contributed by atoms with Crippen molar-refractivity contribution in [2.24, 2.45) is 11.7 Å². The fourth-order valence-electron chi connectivity index (χ4n) is 2.24. The highest BCUT2D eigenvalue weighted by Crippen LogP contribution is 2.15. The Balaban J connectivity index is 2.77. The molecule has 3 amide bonds. The first-order valence-corrected chi connectivity index (χ1v) is 7.47. The summed E-state index contributed by atoms with van der Waals surface area (Å²) in [5.41, 5.74) is 6.26. The van der Waals surface area contributed by atoms with Crippen LogP contribution in [0.5, 0.6) is 0 Å². The number of nitrogens with two attached hydrogens (primary N) is 1. The number of urea groups is 1. The van der Waals surface area contributed by atoms with E-state index in [0.29, 0.717) is 23.7 Å². The van der Waals surface area contributed by atoms with Crippen LogP contribution in [0.1, 0.15) is 44.0 Å². The minimum Gasteiger partial charge on any atom is -0.351 e. The smallest absolute Gasteiger partial charge is 0.316 e. The average molecular weight is 291 g/mol. The van der Waals surface area contributed by atoms with Gasteiger partial charge in [-0.25, -0.2) is 4.79 Å². The summed E-state index contributed by atoms with van der Waals surface area (Å²) in [7, 11) is 0. The van der Waals surface area contributed by atoms with Gasteiger partial charge >= 0.3 is 6.03 Å². The number of carbonyl (C=O) groups is 2. The van der Waals surface area contributed by atoms with Crippen LogP contribution in [0.15, 0.2) is 24.3 Å². The fraction of sp³-hybridized carbons (Fsp3) is 0.500. The standard InChI is InChI=1S/C16H25N3O2/c1-4-12(5-2)11-19(6-3)15(20)13-7-9-14(10-8-13)18-16(17)21/h7-10,12H,4-6,11H2,1-3H3,(H3,17,18,21). The number of hydrogen-bond acceptors (Lipinski definition) is 2. The van der Waals surface area contributed by atoms with Crippen molar-refractivity contribution >= 4 is 17.6 Å². The van der Waals surface area contributed by atoms with Gasteiger partial charge in [-0.1, -0.05) is 26.7 Å². The molecule has 0 spiro atoms. The van der Waals surface area contributed by atoms with Crippen LogP contribution in [0.3, 0.4) is 0 Å². The van der Waals surface area contributed by atoms with Gasteiger partial charge in [-0.15, -0.1) is 0 Å². The molecule has 0 heterocycles. The van der Waals surface area contributed by atoms with Crippen LogP contribution < -0.4 is 11.1 Å². The van der Waals surface area contributed by atoms with Crippen LogP contribution in [0.2, 0.25) is 0 Å². The van der Waals surface area contributed by atoms with Crippen molar-refractivity contribution < 1.29 is 9.59 Å². The third-order valence-corrected chi connectivity index (χ3v) is 3.70. The number of hydrogen-bond donors (Lipinski definition) is 2. The molecule has 0 saturated heterocycles. The lowest BCUT2D eigenvalue weighted by atomic mass is 10.0. The summed E-state index contributed by atoms with van der Waals surface area (Å²) in [5.74, 6) is 0.555. The van der Waals surface area contributed by atoms with E-state index in [1.807, 2.05) is 11.8 Å². The molecule has 1 aromatic carbocycles.